The molecule has 124 valence electrons. The molecule has 3 aliphatic heterocycles. The second-order valence-corrected chi connectivity index (χ2v) is 5.52. The van der Waals surface area contributed by atoms with E-state index in [4.69, 9.17) is 4.42 Å². The zero-order valence-electron chi connectivity index (χ0n) is 12.9. The van der Waals surface area contributed by atoms with Crippen molar-refractivity contribution in [1.29, 1.82) is 0 Å². The monoisotopic (exact) mass is 337 g/mol. The van der Waals surface area contributed by atoms with E-state index in [1.807, 2.05) is 0 Å². The van der Waals surface area contributed by atoms with Gasteiger partial charge in [0.2, 0.25) is 11.7 Å². The topological polar surface area (TPSA) is 72.0 Å². The Labute approximate surface area is 141 Å². The number of hydrogen-bond donors (Lipinski definition) is 1. The van der Waals surface area contributed by atoms with Crippen LogP contribution in [0.5, 0.6) is 0 Å². The van der Waals surface area contributed by atoms with Crippen LogP contribution < -0.4 is 10.5 Å². The zero-order valence-corrected chi connectivity index (χ0v) is 12.9. The van der Waals surface area contributed by atoms with Gasteiger partial charge >= 0.3 is 0 Å². The van der Waals surface area contributed by atoms with E-state index in [1.54, 1.807) is 59.3 Å². The third-order valence-corrected chi connectivity index (χ3v) is 3.96. The maximum absolute atomic E-state index is 13.9. The molecule has 0 amide bonds. The van der Waals surface area contributed by atoms with Gasteiger partial charge in [-0.2, -0.15) is 0 Å². The average Bonchev–Trinajstić information content (AvgIpc) is 3.35. The van der Waals surface area contributed by atoms with Crippen LogP contribution in [-0.4, -0.2) is 28.5 Å². The van der Waals surface area contributed by atoms with E-state index in [2.05, 4.69) is 20.5 Å². The van der Waals surface area contributed by atoms with Crippen LogP contribution in [0.4, 0.5) is 10.3 Å². The molecule has 2 aromatic rings. The third kappa shape index (κ3) is 2.17. The van der Waals surface area contributed by atoms with Crippen molar-refractivity contribution in [3.8, 4) is 0 Å². The minimum Gasteiger partial charge on any atom is -0.446 e. The Morgan fingerprint density at radius 2 is 2.00 bits per heavy atom. The van der Waals surface area contributed by atoms with Gasteiger partial charge in [0, 0.05) is 11.6 Å². The standard InChI is InChI=1S/C16H12FN7O/c17-12-5-2-1-4-11(12)8-22-9-19-16-14-15(18-10-23(16)22)21-24(20-14)13-6-3-7-25-13/h1-7,9-10,20H,8H2. The second kappa shape index (κ2) is 5.20. The van der Waals surface area contributed by atoms with Crippen molar-refractivity contribution in [3.63, 3.8) is 0 Å². The van der Waals surface area contributed by atoms with Gasteiger partial charge in [0.1, 0.15) is 24.2 Å². The summed E-state index contributed by atoms with van der Waals surface area (Å²) in [7, 11) is 0. The summed E-state index contributed by atoms with van der Waals surface area (Å²) >= 11 is 0. The van der Waals surface area contributed by atoms with Gasteiger partial charge in [-0.3, -0.25) is 10.4 Å². The highest BCUT2D eigenvalue weighted by Crippen LogP contribution is 2.28. The Kier molecular flexibility index (Phi) is 2.87. The lowest BCUT2D eigenvalue weighted by molar-refractivity contribution is 0.194. The van der Waals surface area contributed by atoms with E-state index in [0.29, 0.717) is 35.3 Å². The summed E-state index contributed by atoms with van der Waals surface area (Å²) in [5.74, 6) is 1.44. The Balaban J connectivity index is 1.42. The SMILES string of the molecule is Fc1ccccc1CN1C=NC2=C3NN(c4ccco4)N=C3N=CN21. The largest absolute Gasteiger partial charge is 0.446 e. The van der Waals surface area contributed by atoms with E-state index in [0.717, 1.165) is 0 Å². The van der Waals surface area contributed by atoms with Gasteiger partial charge in [-0.15, -0.1) is 10.2 Å². The quantitative estimate of drug-likeness (QED) is 0.928. The number of hydrazine groups is 2. The van der Waals surface area contributed by atoms with Crippen LogP contribution in [0.2, 0.25) is 0 Å². The maximum Gasteiger partial charge on any atom is 0.235 e. The number of hydrazone groups is 1. The van der Waals surface area contributed by atoms with Crippen molar-refractivity contribution in [1.82, 2.24) is 15.4 Å². The van der Waals surface area contributed by atoms with Gasteiger partial charge in [-0.1, -0.05) is 18.2 Å². The summed E-state index contributed by atoms with van der Waals surface area (Å²) in [6, 6.07) is 10.2. The smallest absolute Gasteiger partial charge is 0.235 e. The number of hydrogen-bond acceptors (Lipinski definition) is 8. The first kappa shape index (κ1) is 13.8. The number of rotatable bonds is 3. The molecule has 0 aliphatic carbocycles. The van der Waals surface area contributed by atoms with Gasteiger partial charge in [0.05, 0.1) is 12.8 Å². The molecule has 1 N–H and O–H groups in total. The molecule has 0 atom stereocenters. The molecule has 0 saturated heterocycles. The molecule has 0 saturated carbocycles. The molecule has 0 radical (unpaired) electrons. The van der Waals surface area contributed by atoms with Gasteiger partial charge < -0.3 is 4.42 Å². The minimum absolute atomic E-state index is 0.254. The van der Waals surface area contributed by atoms with Gasteiger partial charge in [0.25, 0.3) is 0 Å². The molecule has 0 bridgehead atoms. The normalized spacial score (nSPS) is 17.8. The molecular formula is C16H12FN7O. The number of aliphatic imine (C=N–C) groups is 2. The molecular weight excluding hydrogens is 325 g/mol. The summed E-state index contributed by atoms with van der Waals surface area (Å²) < 4.78 is 19.2. The highest BCUT2D eigenvalue weighted by Gasteiger charge is 2.34. The number of halogens is 1. The predicted molar refractivity (Wildman–Crippen MR) is 89.5 cm³/mol. The molecule has 4 heterocycles. The van der Waals surface area contributed by atoms with Crippen LogP contribution >= 0.6 is 0 Å². The van der Waals surface area contributed by atoms with Crippen LogP contribution in [0.15, 0.2) is 73.7 Å². The van der Waals surface area contributed by atoms with Crippen molar-refractivity contribution in [3.05, 3.63) is 65.6 Å². The molecule has 3 aliphatic rings. The molecule has 0 fully saturated rings. The van der Waals surface area contributed by atoms with E-state index in [-0.39, 0.29) is 5.82 Å². The van der Waals surface area contributed by atoms with Crippen molar-refractivity contribution in [2.24, 2.45) is 15.1 Å². The van der Waals surface area contributed by atoms with E-state index in [1.165, 1.54) is 11.2 Å². The number of nitrogens with one attached hydrogen (secondary N) is 1. The second-order valence-electron chi connectivity index (χ2n) is 5.52. The summed E-state index contributed by atoms with van der Waals surface area (Å²) in [5.41, 5.74) is 4.34. The number of amidine groups is 1. The Morgan fingerprint density at radius 1 is 1.08 bits per heavy atom. The van der Waals surface area contributed by atoms with Crippen LogP contribution in [-0.2, 0) is 6.54 Å². The van der Waals surface area contributed by atoms with Gasteiger partial charge in [0.15, 0.2) is 5.82 Å². The molecule has 5 rings (SSSR count). The number of anilines is 1. The first-order chi connectivity index (χ1) is 12.3. The molecule has 0 spiro atoms. The number of fused-ring (bicyclic) bond motifs is 2. The molecule has 1 aromatic heterocycles. The van der Waals surface area contributed by atoms with Crippen molar-refractivity contribution >= 4 is 24.4 Å². The van der Waals surface area contributed by atoms with Crippen LogP contribution in [0.1, 0.15) is 5.56 Å². The Morgan fingerprint density at radius 3 is 2.84 bits per heavy atom. The number of benzene rings is 1. The predicted octanol–water partition coefficient (Wildman–Crippen LogP) is 2.03. The van der Waals surface area contributed by atoms with Crippen LogP contribution in [0, 0.1) is 5.82 Å². The van der Waals surface area contributed by atoms with Crippen LogP contribution in [0.3, 0.4) is 0 Å². The van der Waals surface area contributed by atoms with Crippen molar-refractivity contribution in [2.75, 3.05) is 5.12 Å². The van der Waals surface area contributed by atoms with E-state index in [9.17, 15) is 4.39 Å². The lowest BCUT2D eigenvalue weighted by Gasteiger charge is -2.28. The fourth-order valence-electron chi connectivity index (χ4n) is 2.75. The molecule has 8 nitrogen and oxygen atoms in total. The number of furan rings is 1. The first-order valence-corrected chi connectivity index (χ1v) is 7.61. The van der Waals surface area contributed by atoms with Crippen LogP contribution in [0.25, 0.3) is 0 Å². The Bertz CT molecular complexity index is 947. The highest BCUT2D eigenvalue weighted by atomic mass is 19.1. The zero-order chi connectivity index (χ0) is 16.8. The summed E-state index contributed by atoms with van der Waals surface area (Å²) in [6.07, 6.45) is 4.82. The summed E-state index contributed by atoms with van der Waals surface area (Å²) in [6.45, 7) is 0.341. The van der Waals surface area contributed by atoms with Crippen molar-refractivity contribution < 1.29 is 8.81 Å². The fraction of sp³-hybridized carbons (Fsp3) is 0.0625. The van der Waals surface area contributed by atoms with Crippen molar-refractivity contribution in [2.45, 2.75) is 6.54 Å². The third-order valence-electron chi connectivity index (χ3n) is 3.96. The minimum atomic E-state index is -0.254. The lowest BCUT2D eigenvalue weighted by Crippen LogP contribution is -2.39. The first-order valence-electron chi connectivity index (χ1n) is 7.61. The van der Waals surface area contributed by atoms with Gasteiger partial charge in [-0.25, -0.2) is 19.4 Å². The Hall–Kier alpha value is -3.62. The molecule has 25 heavy (non-hydrogen) atoms. The molecule has 0 unspecified atom stereocenters. The number of nitrogens with zero attached hydrogens (tertiary/aromatic N) is 6. The molecule has 1 aromatic carbocycles. The fourth-order valence-corrected chi connectivity index (χ4v) is 2.75. The average molecular weight is 337 g/mol. The van der Waals surface area contributed by atoms with E-state index < -0.39 is 0 Å². The maximum atomic E-state index is 13.9. The summed E-state index contributed by atoms with van der Waals surface area (Å²) in [4.78, 5) is 8.76. The molecule has 9 heteroatoms. The lowest BCUT2D eigenvalue weighted by atomic mass is 10.2. The van der Waals surface area contributed by atoms with E-state index >= 15 is 0 Å². The van der Waals surface area contributed by atoms with Gasteiger partial charge in [-0.05, 0) is 12.1 Å². The highest BCUT2D eigenvalue weighted by molar-refractivity contribution is 6.07. The summed E-state index contributed by atoms with van der Waals surface area (Å²) in [5, 5.41) is 9.37.